The lowest BCUT2D eigenvalue weighted by molar-refractivity contribution is -0.116. The van der Waals surface area contributed by atoms with E-state index < -0.39 is 0 Å². The zero-order valence-corrected chi connectivity index (χ0v) is 13.9. The third kappa shape index (κ3) is 5.12. The van der Waals surface area contributed by atoms with Gasteiger partial charge in [0.25, 0.3) is 0 Å². The fourth-order valence-corrected chi connectivity index (χ4v) is 3.37. The number of nitrogens with one attached hydrogen (secondary N) is 2. The molecule has 2 rings (SSSR count). The van der Waals surface area contributed by atoms with Crippen molar-refractivity contribution in [2.24, 2.45) is 0 Å². The summed E-state index contributed by atoms with van der Waals surface area (Å²) in [5.74, 6) is 0.655. The van der Waals surface area contributed by atoms with Gasteiger partial charge in [0, 0.05) is 12.6 Å². The van der Waals surface area contributed by atoms with E-state index in [1.165, 1.54) is 18.3 Å². The Morgan fingerprint density at radius 1 is 1.18 bits per heavy atom. The quantitative estimate of drug-likeness (QED) is 0.626. The minimum absolute atomic E-state index is 0.123. The number of rotatable bonds is 6. The summed E-state index contributed by atoms with van der Waals surface area (Å²) < 4.78 is 0.845. The molecule has 22 heavy (non-hydrogen) atoms. The van der Waals surface area contributed by atoms with Crippen molar-refractivity contribution in [3.05, 3.63) is 29.8 Å². The van der Waals surface area contributed by atoms with Gasteiger partial charge in [0.15, 0.2) is 4.34 Å². The van der Waals surface area contributed by atoms with Crippen molar-refractivity contribution in [2.45, 2.75) is 24.6 Å². The molecule has 0 saturated heterocycles. The number of anilines is 2. The van der Waals surface area contributed by atoms with E-state index in [0.29, 0.717) is 10.8 Å². The molecule has 2 aromatic rings. The number of aromatic nitrogens is 2. The Morgan fingerprint density at radius 3 is 2.55 bits per heavy atom. The lowest BCUT2D eigenvalue weighted by atomic mass is 10.1. The lowest BCUT2D eigenvalue weighted by Gasteiger charge is -2.04. The van der Waals surface area contributed by atoms with Gasteiger partial charge in [-0.25, -0.2) is 0 Å². The Kier molecular flexibility index (Phi) is 5.91. The number of benzene rings is 1. The van der Waals surface area contributed by atoms with Gasteiger partial charge < -0.3 is 10.6 Å². The van der Waals surface area contributed by atoms with Crippen LogP contribution in [-0.2, 0) is 16.0 Å². The van der Waals surface area contributed by atoms with E-state index in [2.05, 4.69) is 20.8 Å². The van der Waals surface area contributed by atoms with Gasteiger partial charge in [-0.2, -0.15) is 0 Å². The van der Waals surface area contributed by atoms with Gasteiger partial charge in [-0.3, -0.25) is 9.59 Å². The largest absolute Gasteiger partial charge is 0.326 e. The Labute approximate surface area is 136 Å². The summed E-state index contributed by atoms with van der Waals surface area (Å²) in [5, 5.41) is 13.8. The minimum Gasteiger partial charge on any atom is -0.326 e. The lowest BCUT2D eigenvalue weighted by Crippen LogP contribution is -2.14. The van der Waals surface area contributed by atoms with Gasteiger partial charge in [0.05, 0.1) is 6.42 Å². The van der Waals surface area contributed by atoms with Crippen LogP contribution >= 0.6 is 23.1 Å². The van der Waals surface area contributed by atoms with E-state index in [-0.39, 0.29) is 18.2 Å². The molecular weight excluding hydrogens is 320 g/mol. The van der Waals surface area contributed by atoms with Crippen molar-refractivity contribution in [3.63, 3.8) is 0 Å². The zero-order chi connectivity index (χ0) is 15.9. The van der Waals surface area contributed by atoms with Crippen LogP contribution in [0.4, 0.5) is 10.8 Å². The second-order valence-electron chi connectivity index (χ2n) is 4.41. The van der Waals surface area contributed by atoms with Crippen LogP contribution in [0.25, 0.3) is 0 Å². The van der Waals surface area contributed by atoms with E-state index in [0.717, 1.165) is 15.7 Å². The Hall–Kier alpha value is -1.93. The molecule has 2 N–H and O–H groups in total. The molecule has 0 aliphatic carbocycles. The smallest absolute Gasteiger partial charge is 0.230 e. The molecule has 1 heterocycles. The molecular formula is C14H16N4O2S2. The maximum absolute atomic E-state index is 12.0. The number of carbonyl (C=O) groups excluding carboxylic acids is 2. The van der Waals surface area contributed by atoms with Gasteiger partial charge in [-0.15, -0.1) is 10.2 Å². The van der Waals surface area contributed by atoms with Gasteiger partial charge in [0.1, 0.15) is 0 Å². The predicted octanol–water partition coefficient (Wildman–Crippen LogP) is 2.79. The first-order valence-corrected chi connectivity index (χ1v) is 8.49. The summed E-state index contributed by atoms with van der Waals surface area (Å²) in [6.45, 7) is 3.49. The molecule has 1 aromatic carbocycles. The molecule has 0 atom stereocenters. The summed E-state index contributed by atoms with van der Waals surface area (Å²) in [4.78, 5) is 22.9. The fraction of sp³-hybridized carbons (Fsp3) is 0.286. The summed E-state index contributed by atoms with van der Waals surface area (Å²) in [6, 6.07) is 7.16. The van der Waals surface area contributed by atoms with Crippen LogP contribution in [0.1, 0.15) is 19.4 Å². The summed E-state index contributed by atoms with van der Waals surface area (Å²) in [5.41, 5.74) is 1.57. The van der Waals surface area contributed by atoms with Gasteiger partial charge in [-0.05, 0) is 23.4 Å². The highest BCUT2D eigenvalue weighted by molar-refractivity contribution is 8.01. The molecule has 6 nitrogen and oxygen atoms in total. The van der Waals surface area contributed by atoms with Crippen molar-refractivity contribution in [1.82, 2.24) is 10.2 Å². The molecule has 0 fully saturated rings. The Balaban J connectivity index is 1.89. The van der Waals surface area contributed by atoms with Crippen molar-refractivity contribution in [3.8, 4) is 0 Å². The van der Waals surface area contributed by atoms with Gasteiger partial charge in [-0.1, -0.05) is 42.2 Å². The zero-order valence-electron chi connectivity index (χ0n) is 12.3. The van der Waals surface area contributed by atoms with Crippen LogP contribution < -0.4 is 10.6 Å². The van der Waals surface area contributed by atoms with E-state index in [1.54, 1.807) is 23.9 Å². The minimum atomic E-state index is -0.142. The molecule has 0 aliphatic rings. The van der Waals surface area contributed by atoms with Crippen LogP contribution in [-0.4, -0.2) is 27.8 Å². The van der Waals surface area contributed by atoms with Crippen LogP contribution in [0.2, 0.25) is 0 Å². The first kappa shape index (κ1) is 16.4. The predicted molar refractivity (Wildman–Crippen MR) is 89.4 cm³/mol. The van der Waals surface area contributed by atoms with Gasteiger partial charge in [0.2, 0.25) is 16.9 Å². The molecule has 8 heteroatoms. The highest BCUT2D eigenvalue weighted by Gasteiger charge is 2.09. The number of carbonyl (C=O) groups is 2. The maximum atomic E-state index is 12.0. The van der Waals surface area contributed by atoms with Crippen LogP contribution in [0, 0.1) is 0 Å². The first-order chi connectivity index (χ1) is 10.6. The fourth-order valence-electron chi connectivity index (χ4n) is 1.70. The first-order valence-electron chi connectivity index (χ1n) is 6.69. The van der Waals surface area contributed by atoms with Crippen molar-refractivity contribution < 1.29 is 9.59 Å². The van der Waals surface area contributed by atoms with E-state index >= 15 is 0 Å². The molecule has 0 unspecified atom stereocenters. The van der Waals surface area contributed by atoms with Crippen molar-refractivity contribution in [2.75, 3.05) is 16.4 Å². The Morgan fingerprint density at radius 2 is 1.91 bits per heavy atom. The normalized spacial score (nSPS) is 10.3. The molecule has 116 valence electrons. The molecule has 0 bridgehead atoms. The molecule has 2 amide bonds. The monoisotopic (exact) mass is 336 g/mol. The van der Waals surface area contributed by atoms with Gasteiger partial charge >= 0.3 is 0 Å². The van der Waals surface area contributed by atoms with Crippen LogP contribution in [0.15, 0.2) is 28.6 Å². The van der Waals surface area contributed by atoms with Crippen molar-refractivity contribution >= 4 is 45.7 Å². The highest BCUT2D eigenvalue weighted by Crippen LogP contribution is 2.25. The Bertz CT molecular complexity index is 655. The second-order valence-corrected chi connectivity index (χ2v) is 6.90. The topological polar surface area (TPSA) is 84.0 Å². The van der Waals surface area contributed by atoms with E-state index in [4.69, 9.17) is 0 Å². The maximum Gasteiger partial charge on any atom is 0.230 e. The molecule has 0 aliphatic heterocycles. The van der Waals surface area contributed by atoms with Crippen LogP contribution in [0.5, 0.6) is 0 Å². The number of nitrogens with zero attached hydrogens (tertiary/aromatic N) is 2. The van der Waals surface area contributed by atoms with Crippen LogP contribution in [0.3, 0.4) is 0 Å². The molecule has 0 saturated carbocycles. The number of hydrogen-bond acceptors (Lipinski definition) is 6. The molecule has 0 radical (unpaired) electrons. The number of thioether (sulfide) groups is 1. The average Bonchev–Trinajstić information content (AvgIpc) is 2.88. The third-order valence-electron chi connectivity index (χ3n) is 2.56. The molecule has 1 aromatic heterocycles. The standard InChI is InChI=1S/C14H16N4O2S2/c1-3-21-14-18-17-13(22-14)16-12(20)8-10-4-6-11(7-5-10)15-9(2)19/h4-7H,3,8H2,1-2H3,(H,15,19)(H,16,17,20). The third-order valence-corrected chi connectivity index (χ3v) is 4.41. The van der Waals surface area contributed by atoms with Crippen molar-refractivity contribution in [1.29, 1.82) is 0 Å². The van der Waals surface area contributed by atoms with E-state index in [9.17, 15) is 9.59 Å². The summed E-state index contributed by atoms with van der Waals surface area (Å²) >= 11 is 2.96. The molecule has 0 spiro atoms. The van der Waals surface area contributed by atoms with E-state index in [1.807, 2.05) is 19.1 Å². The highest BCUT2D eigenvalue weighted by atomic mass is 32.2. The summed E-state index contributed by atoms with van der Waals surface area (Å²) in [7, 11) is 0. The average molecular weight is 336 g/mol. The number of hydrogen-bond donors (Lipinski definition) is 2. The second kappa shape index (κ2) is 7.90. The summed E-state index contributed by atoms with van der Waals surface area (Å²) in [6.07, 6.45) is 0.246. The SMILES string of the molecule is CCSc1nnc(NC(=O)Cc2ccc(NC(C)=O)cc2)s1. The number of amides is 2.